The summed E-state index contributed by atoms with van der Waals surface area (Å²) in [6, 6.07) is 7.62. The molecule has 1 aromatic heterocycles. The first-order chi connectivity index (χ1) is 12.1. The number of hydrogen-bond acceptors (Lipinski definition) is 5. The molecule has 1 fully saturated rings. The van der Waals surface area contributed by atoms with Crippen molar-refractivity contribution >= 4 is 22.8 Å². The van der Waals surface area contributed by atoms with Crippen molar-refractivity contribution in [3.63, 3.8) is 0 Å². The van der Waals surface area contributed by atoms with Gasteiger partial charge in [0.1, 0.15) is 6.61 Å². The normalized spacial score (nSPS) is 14.6. The molecule has 1 aliphatic rings. The van der Waals surface area contributed by atoms with Crippen molar-refractivity contribution in [2.75, 3.05) is 6.61 Å². The molecule has 0 N–H and O–H groups in total. The summed E-state index contributed by atoms with van der Waals surface area (Å²) in [6.45, 7) is 3.92. The monoisotopic (exact) mass is 341 g/mol. The number of nitrogens with zero attached hydrogens (tertiary/aromatic N) is 1. The molecule has 1 aliphatic carbocycles. The van der Waals surface area contributed by atoms with E-state index in [2.05, 4.69) is 4.98 Å². The maximum atomic E-state index is 12.4. The molecule has 1 heterocycles. The molecule has 0 saturated heterocycles. The van der Waals surface area contributed by atoms with Gasteiger partial charge in [0.25, 0.3) is 0 Å². The third-order valence-corrected chi connectivity index (χ3v) is 4.75. The van der Waals surface area contributed by atoms with Crippen LogP contribution in [0.3, 0.4) is 0 Å². The smallest absolute Gasteiger partial charge is 0.340 e. The molecule has 1 saturated carbocycles. The summed E-state index contributed by atoms with van der Waals surface area (Å²) in [5.41, 5.74) is 2.44. The third kappa shape index (κ3) is 3.65. The molecule has 5 nitrogen and oxygen atoms in total. The Bertz CT molecular complexity index is 794. The van der Waals surface area contributed by atoms with Gasteiger partial charge in [-0.15, -0.1) is 0 Å². The lowest BCUT2D eigenvalue weighted by molar-refractivity contribution is -0.149. The standard InChI is InChI=1S/C20H23NO4/c1-3-24-20(23)18-13(2)15-10-6-7-11-16(15)21-17(18)12-25-19(22)14-8-4-5-9-14/h6-7,10-11,14H,3-5,8-9,12H2,1-2H3. The van der Waals surface area contributed by atoms with Crippen LogP contribution >= 0.6 is 0 Å². The van der Waals surface area contributed by atoms with Crippen LogP contribution in [0.25, 0.3) is 10.9 Å². The summed E-state index contributed by atoms with van der Waals surface area (Å²) >= 11 is 0. The van der Waals surface area contributed by atoms with Gasteiger partial charge in [0.05, 0.1) is 29.3 Å². The summed E-state index contributed by atoms with van der Waals surface area (Å²) in [7, 11) is 0. The van der Waals surface area contributed by atoms with E-state index in [9.17, 15) is 9.59 Å². The Hall–Kier alpha value is -2.43. The van der Waals surface area contributed by atoms with E-state index in [1.165, 1.54) is 0 Å². The molecule has 1 aromatic carbocycles. The highest BCUT2D eigenvalue weighted by Gasteiger charge is 2.26. The van der Waals surface area contributed by atoms with Crippen LogP contribution in [0.1, 0.15) is 54.2 Å². The molecule has 2 aromatic rings. The number of pyridine rings is 1. The van der Waals surface area contributed by atoms with Gasteiger partial charge in [-0.05, 0) is 38.3 Å². The van der Waals surface area contributed by atoms with Crippen LogP contribution in [-0.4, -0.2) is 23.5 Å². The van der Waals surface area contributed by atoms with Gasteiger partial charge in [-0.1, -0.05) is 31.0 Å². The van der Waals surface area contributed by atoms with E-state index in [0.29, 0.717) is 11.3 Å². The first-order valence-corrected chi connectivity index (χ1v) is 8.83. The van der Waals surface area contributed by atoms with Crippen LogP contribution in [0, 0.1) is 12.8 Å². The zero-order chi connectivity index (χ0) is 17.8. The predicted octanol–water partition coefficient (Wildman–Crippen LogP) is 3.95. The van der Waals surface area contributed by atoms with Gasteiger partial charge in [0.15, 0.2) is 0 Å². The van der Waals surface area contributed by atoms with Crippen LogP contribution in [0.5, 0.6) is 0 Å². The van der Waals surface area contributed by atoms with Gasteiger partial charge in [-0.25, -0.2) is 9.78 Å². The molecule has 132 valence electrons. The number of rotatable bonds is 5. The molecule has 25 heavy (non-hydrogen) atoms. The molecule has 5 heteroatoms. The summed E-state index contributed by atoms with van der Waals surface area (Å²) < 4.78 is 10.7. The van der Waals surface area contributed by atoms with Gasteiger partial charge >= 0.3 is 11.9 Å². The molecular weight excluding hydrogens is 318 g/mol. The van der Waals surface area contributed by atoms with E-state index in [1.807, 2.05) is 31.2 Å². The van der Waals surface area contributed by atoms with E-state index in [0.717, 1.165) is 42.1 Å². The van der Waals surface area contributed by atoms with E-state index in [-0.39, 0.29) is 25.1 Å². The lowest BCUT2D eigenvalue weighted by Crippen LogP contribution is -2.18. The summed E-state index contributed by atoms with van der Waals surface area (Å²) in [4.78, 5) is 29.2. The number of esters is 2. The molecule has 0 spiro atoms. The molecule has 0 radical (unpaired) electrons. The van der Waals surface area contributed by atoms with Crippen molar-refractivity contribution < 1.29 is 19.1 Å². The van der Waals surface area contributed by atoms with E-state index < -0.39 is 5.97 Å². The number of hydrogen-bond donors (Lipinski definition) is 0. The van der Waals surface area contributed by atoms with Crippen molar-refractivity contribution in [2.24, 2.45) is 5.92 Å². The van der Waals surface area contributed by atoms with Crippen LogP contribution in [0.15, 0.2) is 24.3 Å². The fourth-order valence-corrected chi connectivity index (χ4v) is 3.44. The number of carbonyl (C=O) groups excluding carboxylic acids is 2. The first kappa shape index (κ1) is 17.4. The first-order valence-electron chi connectivity index (χ1n) is 8.83. The van der Waals surface area contributed by atoms with Crippen molar-refractivity contribution in [1.82, 2.24) is 4.98 Å². The Kier molecular flexibility index (Phi) is 5.31. The lowest BCUT2D eigenvalue weighted by Gasteiger charge is -2.15. The number of benzene rings is 1. The highest BCUT2D eigenvalue weighted by Crippen LogP contribution is 2.27. The average molecular weight is 341 g/mol. The number of carbonyl (C=O) groups is 2. The second kappa shape index (κ2) is 7.64. The van der Waals surface area contributed by atoms with Gasteiger partial charge in [0, 0.05) is 5.39 Å². The van der Waals surface area contributed by atoms with E-state index in [1.54, 1.807) is 6.92 Å². The Morgan fingerprint density at radius 1 is 1.16 bits per heavy atom. The van der Waals surface area contributed by atoms with Gasteiger partial charge in [-0.3, -0.25) is 4.79 Å². The summed E-state index contributed by atoms with van der Waals surface area (Å²) in [6.07, 6.45) is 3.91. The Labute approximate surface area is 147 Å². The zero-order valence-electron chi connectivity index (χ0n) is 14.7. The fourth-order valence-electron chi connectivity index (χ4n) is 3.44. The van der Waals surface area contributed by atoms with Crippen molar-refractivity contribution in [1.29, 1.82) is 0 Å². The molecular formula is C20H23NO4. The molecule has 0 amide bonds. The molecule has 0 atom stereocenters. The van der Waals surface area contributed by atoms with Crippen molar-refractivity contribution in [2.45, 2.75) is 46.1 Å². The minimum Gasteiger partial charge on any atom is -0.462 e. The van der Waals surface area contributed by atoms with Crippen LogP contribution < -0.4 is 0 Å². The highest BCUT2D eigenvalue weighted by atomic mass is 16.5. The topological polar surface area (TPSA) is 65.5 Å². The molecule has 0 aliphatic heterocycles. The third-order valence-electron chi connectivity index (χ3n) is 4.75. The number of fused-ring (bicyclic) bond motifs is 1. The average Bonchev–Trinajstić information content (AvgIpc) is 3.14. The van der Waals surface area contributed by atoms with Crippen LogP contribution in [-0.2, 0) is 20.9 Å². The Balaban J connectivity index is 1.92. The zero-order valence-corrected chi connectivity index (χ0v) is 14.7. The minimum atomic E-state index is -0.426. The highest BCUT2D eigenvalue weighted by molar-refractivity contribution is 5.98. The Morgan fingerprint density at radius 3 is 2.60 bits per heavy atom. The minimum absolute atomic E-state index is 0.00481. The molecule has 0 unspecified atom stereocenters. The lowest BCUT2D eigenvalue weighted by atomic mass is 10.0. The summed E-state index contributed by atoms with van der Waals surface area (Å²) in [5, 5.41) is 0.899. The van der Waals surface area contributed by atoms with Gasteiger partial charge < -0.3 is 9.47 Å². The second-order valence-electron chi connectivity index (χ2n) is 6.39. The SMILES string of the molecule is CCOC(=O)c1c(COC(=O)C2CCCC2)nc2ccccc2c1C. The largest absolute Gasteiger partial charge is 0.462 e. The maximum absolute atomic E-state index is 12.4. The second-order valence-corrected chi connectivity index (χ2v) is 6.39. The summed E-state index contributed by atoms with van der Waals surface area (Å²) in [5.74, 6) is -0.641. The van der Waals surface area contributed by atoms with Gasteiger partial charge in [-0.2, -0.15) is 0 Å². The van der Waals surface area contributed by atoms with E-state index >= 15 is 0 Å². The maximum Gasteiger partial charge on any atom is 0.340 e. The number of para-hydroxylation sites is 1. The van der Waals surface area contributed by atoms with Crippen LogP contribution in [0.2, 0.25) is 0 Å². The molecule has 3 rings (SSSR count). The predicted molar refractivity (Wildman–Crippen MR) is 94.2 cm³/mol. The van der Waals surface area contributed by atoms with E-state index in [4.69, 9.17) is 9.47 Å². The Morgan fingerprint density at radius 2 is 1.88 bits per heavy atom. The number of ether oxygens (including phenoxy) is 2. The quantitative estimate of drug-likeness (QED) is 0.770. The van der Waals surface area contributed by atoms with Crippen LogP contribution in [0.4, 0.5) is 0 Å². The number of aryl methyl sites for hydroxylation is 1. The molecule has 0 bridgehead atoms. The fraction of sp³-hybridized carbons (Fsp3) is 0.450. The van der Waals surface area contributed by atoms with Crippen molar-refractivity contribution in [3.05, 3.63) is 41.1 Å². The number of aromatic nitrogens is 1. The van der Waals surface area contributed by atoms with Crippen molar-refractivity contribution in [3.8, 4) is 0 Å². The van der Waals surface area contributed by atoms with Gasteiger partial charge in [0.2, 0.25) is 0 Å².